The van der Waals surface area contributed by atoms with Crippen molar-refractivity contribution in [2.75, 3.05) is 0 Å². The van der Waals surface area contributed by atoms with Gasteiger partial charge in [-0.3, -0.25) is 10.5 Å². The van der Waals surface area contributed by atoms with Crippen LogP contribution in [0.3, 0.4) is 0 Å². The largest absolute Gasteiger partial charge is 0.478 e. The molecule has 78 valence electrons. The van der Waals surface area contributed by atoms with Gasteiger partial charge in [-0.1, -0.05) is 0 Å². The number of hydrogen-bond donors (Lipinski definition) is 3. The molecule has 0 radical (unpaired) electrons. The minimum atomic E-state index is -1.17. The van der Waals surface area contributed by atoms with Crippen LogP contribution in [-0.2, 0) is 9.53 Å². The predicted molar refractivity (Wildman–Crippen MR) is 45.3 cm³/mol. The smallest absolute Gasteiger partial charge is 0.356 e. The van der Waals surface area contributed by atoms with Gasteiger partial charge in [-0.15, -0.1) is 0 Å². The summed E-state index contributed by atoms with van der Waals surface area (Å²) in [5, 5.41) is 18.4. The first-order valence-electron chi connectivity index (χ1n) is 4.06. The molecule has 0 saturated carbocycles. The Kier molecular flexibility index (Phi) is 3.03. The summed E-state index contributed by atoms with van der Waals surface area (Å²) in [6.45, 7) is 3.46. The van der Waals surface area contributed by atoms with Gasteiger partial charge in [0.25, 0.3) is 0 Å². The van der Waals surface area contributed by atoms with Crippen molar-refractivity contribution in [1.29, 1.82) is 5.41 Å². The minimum Gasteiger partial charge on any atom is -0.478 e. The quantitative estimate of drug-likeness (QED) is 0.620. The Hall–Kier alpha value is -1.63. The van der Waals surface area contributed by atoms with Gasteiger partial charge >= 0.3 is 5.97 Å². The highest BCUT2D eigenvalue weighted by Gasteiger charge is 2.21. The lowest BCUT2D eigenvalue weighted by Crippen LogP contribution is -2.26. The number of aromatic amines is 1. The molecule has 1 aromatic heterocycles. The van der Waals surface area contributed by atoms with Gasteiger partial charge in [0, 0.05) is 0 Å². The molecule has 0 aliphatic rings. The highest BCUT2D eigenvalue weighted by atomic mass is 16.5. The third kappa shape index (κ3) is 2.43. The fraction of sp³-hybridized carbons (Fsp3) is 0.571. The van der Waals surface area contributed by atoms with Crippen LogP contribution in [0.15, 0.2) is 6.33 Å². The van der Waals surface area contributed by atoms with Crippen LogP contribution in [0.1, 0.15) is 20.1 Å². The van der Waals surface area contributed by atoms with E-state index >= 15 is 0 Å². The Morgan fingerprint density at radius 3 is 2.79 bits per heavy atom. The fourth-order valence-electron chi connectivity index (χ4n) is 0.920. The van der Waals surface area contributed by atoms with Gasteiger partial charge in [0.1, 0.15) is 6.33 Å². The number of H-pyrrole nitrogens is 1. The topological polar surface area (TPSA) is 104 Å². The predicted octanol–water partition coefficient (Wildman–Crippen LogP) is -0.301. The molecular formula is C7H12N4O3. The van der Waals surface area contributed by atoms with Crippen molar-refractivity contribution >= 4 is 5.97 Å². The maximum absolute atomic E-state index is 10.8. The third-order valence-electron chi connectivity index (χ3n) is 1.41. The molecule has 14 heavy (non-hydrogen) atoms. The number of carboxylic acids is 1. The summed E-state index contributed by atoms with van der Waals surface area (Å²) in [4.78, 5) is 14.3. The number of rotatable bonds is 4. The summed E-state index contributed by atoms with van der Waals surface area (Å²) in [6, 6.07) is 0. The highest BCUT2D eigenvalue weighted by molar-refractivity contribution is 5.70. The SMILES string of the molecule is CC(C)OC(C(=O)O)n1cnc(=N)[nH]1. The van der Waals surface area contributed by atoms with Crippen LogP contribution in [0.4, 0.5) is 0 Å². The second-order valence-corrected chi connectivity index (χ2v) is 2.99. The van der Waals surface area contributed by atoms with Crippen LogP contribution in [0.5, 0.6) is 0 Å². The van der Waals surface area contributed by atoms with Crippen LogP contribution in [-0.4, -0.2) is 31.9 Å². The molecule has 3 N–H and O–H groups in total. The van der Waals surface area contributed by atoms with Gasteiger partial charge < -0.3 is 9.84 Å². The van der Waals surface area contributed by atoms with Crippen molar-refractivity contribution in [3.05, 3.63) is 11.9 Å². The van der Waals surface area contributed by atoms with E-state index < -0.39 is 12.2 Å². The monoisotopic (exact) mass is 200 g/mol. The molecule has 0 saturated heterocycles. The Labute approximate surface area is 79.8 Å². The van der Waals surface area contributed by atoms with E-state index in [1.807, 2.05) is 0 Å². The molecule has 0 aromatic carbocycles. The van der Waals surface area contributed by atoms with E-state index in [1.54, 1.807) is 13.8 Å². The third-order valence-corrected chi connectivity index (χ3v) is 1.41. The molecule has 0 amide bonds. The average molecular weight is 200 g/mol. The van der Waals surface area contributed by atoms with Gasteiger partial charge in [0.2, 0.25) is 11.8 Å². The summed E-state index contributed by atoms with van der Waals surface area (Å²) in [7, 11) is 0. The van der Waals surface area contributed by atoms with E-state index in [4.69, 9.17) is 15.3 Å². The van der Waals surface area contributed by atoms with E-state index in [9.17, 15) is 4.79 Å². The second-order valence-electron chi connectivity index (χ2n) is 2.99. The molecule has 7 heteroatoms. The molecule has 7 nitrogen and oxygen atoms in total. The molecule has 1 atom stereocenters. The minimum absolute atomic E-state index is 0.108. The summed E-state index contributed by atoms with van der Waals surface area (Å²) < 4.78 is 6.25. The number of carboxylic acid groups (broad SMARTS) is 1. The van der Waals surface area contributed by atoms with E-state index in [2.05, 4.69) is 10.1 Å². The molecule has 0 aliphatic carbocycles. The number of carbonyl (C=O) groups is 1. The number of nitrogens with zero attached hydrogens (tertiary/aromatic N) is 2. The molecule has 1 aromatic rings. The van der Waals surface area contributed by atoms with E-state index in [0.29, 0.717) is 0 Å². The van der Waals surface area contributed by atoms with E-state index in [0.717, 1.165) is 4.68 Å². The summed E-state index contributed by atoms with van der Waals surface area (Å²) in [5.41, 5.74) is -0.108. The lowest BCUT2D eigenvalue weighted by Gasteiger charge is -2.16. The molecule has 0 aliphatic heterocycles. The Morgan fingerprint density at radius 1 is 1.79 bits per heavy atom. The Bertz CT molecular complexity index is 367. The van der Waals surface area contributed by atoms with Crippen LogP contribution in [0, 0.1) is 5.41 Å². The van der Waals surface area contributed by atoms with Crippen LogP contribution >= 0.6 is 0 Å². The molecular weight excluding hydrogens is 188 g/mol. The molecule has 0 spiro atoms. The molecule has 1 rings (SSSR count). The van der Waals surface area contributed by atoms with Crippen molar-refractivity contribution in [2.45, 2.75) is 26.2 Å². The van der Waals surface area contributed by atoms with Crippen LogP contribution in [0.2, 0.25) is 0 Å². The summed E-state index contributed by atoms with van der Waals surface area (Å²) >= 11 is 0. The van der Waals surface area contributed by atoms with Gasteiger partial charge in [-0.2, -0.15) is 0 Å². The van der Waals surface area contributed by atoms with Crippen molar-refractivity contribution in [3.8, 4) is 0 Å². The average Bonchev–Trinajstić information content (AvgIpc) is 2.46. The number of aromatic nitrogens is 3. The number of ether oxygens (including phenoxy) is 1. The number of aliphatic carboxylic acids is 1. The first kappa shape index (κ1) is 10.5. The van der Waals surface area contributed by atoms with E-state index in [1.165, 1.54) is 6.33 Å². The van der Waals surface area contributed by atoms with Crippen LogP contribution < -0.4 is 5.62 Å². The molecule has 1 unspecified atom stereocenters. The van der Waals surface area contributed by atoms with Crippen molar-refractivity contribution in [3.63, 3.8) is 0 Å². The van der Waals surface area contributed by atoms with Crippen molar-refractivity contribution < 1.29 is 14.6 Å². The van der Waals surface area contributed by atoms with Gasteiger partial charge in [0.05, 0.1) is 6.10 Å². The van der Waals surface area contributed by atoms with Crippen molar-refractivity contribution in [2.24, 2.45) is 0 Å². The lowest BCUT2D eigenvalue weighted by atomic mass is 10.4. The first-order chi connectivity index (χ1) is 6.50. The number of hydrogen-bond acceptors (Lipinski definition) is 4. The Morgan fingerprint density at radius 2 is 2.43 bits per heavy atom. The first-order valence-corrected chi connectivity index (χ1v) is 4.06. The molecule has 0 bridgehead atoms. The zero-order chi connectivity index (χ0) is 10.7. The lowest BCUT2D eigenvalue weighted by molar-refractivity contribution is -0.162. The molecule has 1 heterocycles. The highest BCUT2D eigenvalue weighted by Crippen LogP contribution is 2.08. The maximum atomic E-state index is 10.8. The van der Waals surface area contributed by atoms with E-state index in [-0.39, 0.29) is 11.7 Å². The zero-order valence-corrected chi connectivity index (χ0v) is 7.89. The second kappa shape index (κ2) is 4.05. The maximum Gasteiger partial charge on any atom is 0.356 e. The van der Waals surface area contributed by atoms with Gasteiger partial charge in [-0.25, -0.2) is 14.5 Å². The van der Waals surface area contributed by atoms with Crippen molar-refractivity contribution in [1.82, 2.24) is 14.8 Å². The molecule has 0 fully saturated rings. The Balaban J connectivity index is 2.88. The normalized spacial score (nSPS) is 13.1. The zero-order valence-electron chi connectivity index (χ0n) is 7.89. The van der Waals surface area contributed by atoms with Crippen LogP contribution in [0.25, 0.3) is 0 Å². The summed E-state index contributed by atoms with van der Waals surface area (Å²) in [5.74, 6) is -1.13. The summed E-state index contributed by atoms with van der Waals surface area (Å²) in [6.07, 6.45) is -0.175. The van der Waals surface area contributed by atoms with Gasteiger partial charge in [0.15, 0.2) is 0 Å². The number of nitrogens with one attached hydrogen (secondary N) is 2. The standard InChI is InChI=1S/C7H12N4O3/c1-4(2)14-5(6(12)13)11-3-9-7(8)10-11/h3-5H,1-2H3,(H2,8,10)(H,12,13). The fourth-order valence-corrected chi connectivity index (χ4v) is 0.920. The van der Waals surface area contributed by atoms with Gasteiger partial charge in [-0.05, 0) is 13.8 Å².